The number of urea groups is 1. The van der Waals surface area contributed by atoms with Crippen molar-refractivity contribution >= 4 is 29.1 Å². The number of hydrogen-bond donors (Lipinski definition) is 4. The lowest BCUT2D eigenvalue weighted by molar-refractivity contribution is -0.136. The van der Waals surface area contributed by atoms with Gasteiger partial charge in [-0.15, -0.1) is 0 Å². The molecule has 4 N–H and O–H groups in total. The quantitative estimate of drug-likeness (QED) is 0.136. The number of allylic oxidation sites excluding steroid dienone is 1. The van der Waals surface area contributed by atoms with Crippen LogP contribution in [0.2, 0.25) is 0 Å². The molecule has 0 bridgehead atoms. The zero-order valence-corrected chi connectivity index (χ0v) is 22.6. The Bertz CT molecular complexity index is 1440. The van der Waals surface area contributed by atoms with E-state index in [-0.39, 0.29) is 12.2 Å². The predicted octanol–water partition coefficient (Wildman–Crippen LogP) is 3.01. The molecule has 11 nitrogen and oxygen atoms in total. The van der Waals surface area contributed by atoms with Crippen LogP contribution in [-0.2, 0) is 16.6 Å². The number of amides is 2. The molecule has 4 rings (SSSR count). The van der Waals surface area contributed by atoms with Gasteiger partial charge in [-0.25, -0.2) is 9.59 Å². The van der Waals surface area contributed by atoms with E-state index in [1.54, 1.807) is 31.3 Å². The number of nitrogens with zero attached hydrogens (tertiary/aromatic N) is 2. The summed E-state index contributed by atoms with van der Waals surface area (Å²) in [7, 11) is 3.28. The molecule has 0 unspecified atom stereocenters. The lowest BCUT2D eigenvalue weighted by atomic mass is 9.95. The minimum atomic E-state index is -1.09. The third-order valence-electron chi connectivity index (χ3n) is 6.54. The van der Waals surface area contributed by atoms with Crippen LogP contribution in [0.1, 0.15) is 36.7 Å². The molecule has 0 radical (unpaired) electrons. The second-order valence-electron chi connectivity index (χ2n) is 8.99. The number of carbonyl (C=O) groups excluding carboxylic acids is 2. The average molecular weight is 536 g/mol. The Morgan fingerprint density at radius 2 is 1.97 bits per heavy atom. The Kier molecular flexibility index (Phi) is 8.40. The average Bonchev–Trinajstić information content (AvgIpc) is 3.16. The number of aromatic nitrogens is 1. The molecule has 3 aromatic rings. The molecule has 1 aromatic heterocycles. The van der Waals surface area contributed by atoms with Crippen LogP contribution in [0.5, 0.6) is 11.5 Å². The van der Waals surface area contributed by atoms with Gasteiger partial charge in [-0.1, -0.05) is 24.3 Å². The molecule has 0 saturated heterocycles. The van der Waals surface area contributed by atoms with Crippen LogP contribution in [0.3, 0.4) is 0 Å². The van der Waals surface area contributed by atoms with E-state index < -0.39 is 24.3 Å². The number of hydrogen-bond acceptors (Lipinski definition) is 8. The van der Waals surface area contributed by atoms with Crippen LogP contribution in [0.15, 0.2) is 58.8 Å². The second kappa shape index (κ2) is 11.9. The van der Waals surface area contributed by atoms with Gasteiger partial charge in [-0.3, -0.25) is 5.43 Å². The molecule has 0 aliphatic carbocycles. The number of ether oxygens (including phenoxy) is 3. The lowest BCUT2D eigenvalue weighted by Gasteiger charge is -2.28. The van der Waals surface area contributed by atoms with E-state index in [1.165, 1.54) is 7.11 Å². The molecule has 2 heterocycles. The number of rotatable bonds is 10. The largest absolute Gasteiger partial charge is 0.490 e. The number of aliphatic hydroxyl groups excluding tert-OH is 1. The molecule has 0 saturated carbocycles. The van der Waals surface area contributed by atoms with Crippen LogP contribution in [0.4, 0.5) is 4.79 Å². The van der Waals surface area contributed by atoms with E-state index in [0.717, 1.165) is 22.2 Å². The predicted molar refractivity (Wildman–Crippen MR) is 147 cm³/mol. The Hall–Kier alpha value is -4.51. The molecular weight excluding hydrogens is 502 g/mol. The topological polar surface area (TPSA) is 135 Å². The Morgan fingerprint density at radius 3 is 2.72 bits per heavy atom. The number of esters is 1. The summed E-state index contributed by atoms with van der Waals surface area (Å²) in [6.07, 6.45) is 0.592. The molecule has 0 fully saturated rings. The van der Waals surface area contributed by atoms with Gasteiger partial charge < -0.3 is 34.5 Å². The normalized spacial score (nSPS) is 16.2. The van der Waals surface area contributed by atoms with Crippen molar-refractivity contribution in [2.75, 3.05) is 20.3 Å². The fourth-order valence-electron chi connectivity index (χ4n) is 4.52. The fourth-order valence-corrected chi connectivity index (χ4v) is 4.52. The minimum absolute atomic E-state index is 0.109. The molecule has 2 aromatic carbocycles. The Labute approximate surface area is 226 Å². The van der Waals surface area contributed by atoms with Gasteiger partial charge in [0.25, 0.3) is 0 Å². The second-order valence-corrected chi connectivity index (χ2v) is 8.99. The highest BCUT2D eigenvalue weighted by Gasteiger charge is 2.32. The number of aliphatic hydroxyl groups is 1. The first-order valence-corrected chi connectivity index (χ1v) is 12.5. The highest BCUT2D eigenvalue weighted by Crippen LogP contribution is 2.35. The van der Waals surface area contributed by atoms with E-state index in [0.29, 0.717) is 29.4 Å². The van der Waals surface area contributed by atoms with Gasteiger partial charge in [0.2, 0.25) is 0 Å². The summed E-state index contributed by atoms with van der Waals surface area (Å²) >= 11 is 0. The van der Waals surface area contributed by atoms with Gasteiger partial charge in [0.15, 0.2) is 17.7 Å². The Morgan fingerprint density at radius 1 is 1.21 bits per heavy atom. The zero-order valence-electron chi connectivity index (χ0n) is 22.6. The molecule has 2 amide bonds. The molecule has 1 aliphatic heterocycles. The maximum atomic E-state index is 12.4. The molecule has 39 heavy (non-hydrogen) atoms. The van der Waals surface area contributed by atoms with E-state index >= 15 is 0 Å². The third kappa shape index (κ3) is 5.83. The maximum Gasteiger partial charge on any atom is 0.337 e. The summed E-state index contributed by atoms with van der Waals surface area (Å²) < 4.78 is 18.6. The van der Waals surface area contributed by atoms with E-state index in [9.17, 15) is 14.7 Å². The summed E-state index contributed by atoms with van der Waals surface area (Å²) in [6, 6.07) is 11.9. The van der Waals surface area contributed by atoms with E-state index in [4.69, 9.17) is 14.2 Å². The molecular formula is C28H33N5O6. The van der Waals surface area contributed by atoms with Crippen LogP contribution in [0, 0.1) is 6.92 Å². The van der Waals surface area contributed by atoms with Crippen molar-refractivity contribution < 1.29 is 28.9 Å². The zero-order chi connectivity index (χ0) is 28.1. The first kappa shape index (κ1) is 27.5. The highest BCUT2D eigenvalue weighted by molar-refractivity contribution is 6.01. The van der Waals surface area contributed by atoms with Gasteiger partial charge >= 0.3 is 12.0 Å². The molecule has 206 valence electrons. The summed E-state index contributed by atoms with van der Waals surface area (Å²) in [5.74, 6) is 0.222. The first-order chi connectivity index (χ1) is 18.7. The number of aryl methyl sites for hydroxylation is 1. The lowest BCUT2D eigenvalue weighted by Crippen LogP contribution is -2.45. The monoisotopic (exact) mass is 535 g/mol. The van der Waals surface area contributed by atoms with E-state index in [1.807, 2.05) is 45.2 Å². The number of methoxy groups -OCH3 is 1. The van der Waals surface area contributed by atoms with Gasteiger partial charge in [0.1, 0.15) is 6.61 Å². The van der Waals surface area contributed by atoms with Crippen molar-refractivity contribution in [2.45, 2.75) is 33.0 Å². The molecule has 1 aliphatic rings. The summed E-state index contributed by atoms with van der Waals surface area (Å²) in [5, 5.41) is 21.1. The van der Waals surface area contributed by atoms with Crippen LogP contribution >= 0.6 is 0 Å². The van der Waals surface area contributed by atoms with Gasteiger partial charge in [-0.05, 0) is 44.5 Å². The number of carbonyl (C=O) groups is 2. The number of fused-ring (bicyclic) bond motifs is 1. The maximum absolute atomic E-state index is 12.4. The summed E-state index contributed by atoms with van der Waals surface area (Å²) in [6.45, 7) is 5.72. The Balaban J connectivity index is 1.46. The van der Waals surface area contributed by atoms with Gasteiger partial charge in [-0.2, -0.15) is 5.10 Å². The minimum Gasteiger partial charge on any atom is -0.490 e. The fraction of sp³-hybridized carbons (Fsp3) is 0.321. The summed E-state index contributed by atoms with van der Waals surface area (Å²) in [5.41, 5.74) is 7.10. The molecule has 11 heteroatoms. The van der Waals surface area contributed by atoms with Crippen molar-refractivity contribution in [3.05, 3.63) is 70.6 Å². The number of hydrazone groups is 1. The van der Waals surface area contributed by atoms with Gasteiger partial charge in [0, 0.05) is 34.9 Å². The van der Waals surface area contributed by atoms with Gasteiger partial charge in [0.05, 0.1) is 31.5 Å². The summed E-state index contributed by atoms with van der Waals surface area (Å²) in [4.78, 5) is 24.5. The third-order valence-corrected chi connectivity index (χ3v) is 6.54. The highest BCUT2D eigenvalue weighted by atomic mass is 16.5. The van der Waals surface area contributed by atoms with Crippen molar-refractivity contribution in [2.24, 2.45) is 12.1 Å². The van der Waals surface area contributed by atoms with Crippen molar-refractivity contribution in [1.29, 1.82) is 0 Å². The number of para-hydroxylation sites is 1. The van der Waals surface area contributed by atoms with Crippen molar-refractivity contribution in [1.82, 2.24) is 20.6 Å². The van der Waals surface area contributed by atoms with Crippen LogP contribution in [-0.4, -0.2) is 54.4 Å². The van der Waals surface area contributed by atoms with E-state index in [2.05, 4.69) is 25.7 Å². The molecule has 2 atom stereocenters. The van der Waals surface area contributed by atoms with Crippen LogP contribution < -0.4 is 25.5 Å². The SMILES string of the molecule is CCOc1cc([C@H]2NC(=O)NC(C)=C2C(=O)OC)ccc1OC[C@H](O)N/N=C\c1c(C)n(C)c2ccccc12. The first-order valence-electron chi connectivity index (χ1n) is 12.5. The number of benzene rings is 2. The van der Waals surface area contributed by atoms with Crippen molar-refractivity contribution in [3.8, 4) is 11.5 Å². The molecule has 0 spiro atoms. The number of nitrogens with one attached hydrogen (secondary N) is 3. The van der Waals surface area contributed by atoms with Crippen molar-refractivity contribution in [3.63, 3.8) is 0 Å². The standard InChI is InChI=1S/C28H33N5O6/c1-6-38-23-13-18(26-25(27(35)37-5)16(2)30-28(36)31-26)11-12-22(23)39-15-24(34)32-29-14-20-17(3)33(4)21-10-8-7-9-19(20)21/h7-14,24,26,32,34H,6,15H2,1-5H3,(H2,30,31,36)/b29-14-/t24-,26+/m0/s1. The smallest absolute Gasteiger partial charge is 0.337 e. The van der Waals surface area contributed by atoms with Crippen LogP contribution in [0.25, 0.3) is 10.9 Å².